The standard InChI is InChI=1S/C14H17N3O5/c1-17-12(14(19)20)9(7-16-17)15-6-8-4-10(21-2)13(18)11(5-8)22-3/h4-5,7,15,18H,6H2,1-3H3,(H,19,20). The van der Waals surface area contributed by atoms with Crippen molar-refractivity contribution < 1.29 is 24.5 Å². The maximum Gasteiger partial charge on any atom is 0.356 e. The first-order valence-electron chi connectivity index (χ1n) is 6.41. The van der Waals surface area contributed by atoms with Gasteiger partial charge in [-0.25, -0.2) is 4.79 Å². The molecule has 0 bridgehead atoms. The van der Waals surface area contributed by atoms with Crippen molar-refractivity contribution in [1.82, 2.24) is 9.78 Å². The lowest BCUT2D eigenvalue weighted by Gasteiger charge is -2.12. The number of aromatic carboxylic acids is 1. The van der Waals surface area contributed by atoms with Crippen LogP contribution in [-0.2, 0) is 13.6 Å². The second kappa shape index (κ2) is 6.25. The highest BCUT2D eigenvalue weighted by atomic mass is 16.5. The summed E-state index contributed by atoms with van der Waals surface area (Å²) in [6.07, 6.45) is 1.44. The average Bonchev–Trinajstić information content (AvgIpc) is 2.87. The Morgan fingerprint density at radius 2 is 1.91 bits per heavy atom. The molecular formula is C14H17N3O5. The molecule has 1 heterocycles. The molecule has 0 saturated heterocycles. The maximum atomic E-state index is 11.2. The van der Waals surface area contributed by atoms with Gasteiger partial charge in [-0.15, -0.1) is 0 Å². The van der Waals surface area contributed by atoms with Crippen molar-refractivity contribution >= 4 is 11.7 Å². The van der Waals surface area contributed by atoms with Crippen molar-refractivity contribution in [3.05, 3.63) is 29.6 Å². The summed E-state index contributed by atoms with van der Waals surface area (Å²) >= 11 is 0. The van der Waals surface area contributed by atoms with Gasteiger partial charge in [0.1, 0.15) is 0 Å². The van der Waals surface area contributed by atoms with E-state index in [1.807, 2.05) is 0 Å². The predicted molar refractivity (Wildman–Crippen MR) is 78.7 cm³/mol. The lowest BCUT2D eigenvalue weighted by atomic mass is 10.1. The van der Waals surface area contributed by atoms with E-state index in [2.05, 4.69) is 10.4 Å². The zero-order chi connectivity index (χ0) is 16.3. The van der Waals surface area contributed by atoms with Gasteiger partial charge in [-0.05, 0) is 17.7 Å². The number of hydrogen-bond donors (Lipinski definition) is 3. The van der Waals surface area contributed by atoms with Crippen LogP contribution in [0, 0.1) is 0 Å². The summed E-state index contributed by atoms with van der Waals surface area (Å²) in [6, 6.07) is 3.28. The highest BCUT2D eigenvalue weighted by Crippen LogP contribution is 2.37. The van der Waals surface area contributed by atoms with Gasteiger partial charge in [-0.3, -0.25) is 4.68 Å². The first-order valence-corrected chi connectivity index (χ1v) is 6.41. The first-order chi connectivity index (χ1) is 10.5. The minimum Gasteiger partial charge on any atom is -0.502 e. The molecule has 3 N–H and O–H groups in total. The molecule has 0 aliphatic carbocycles. The molecule has 0 spiro atoms. The van der Waals surface area contributed by atoms with Crippen LogP contribution >= 0.6 is 0 Å². The zero-order valence-electron chi connectivity index (χ0n) is 12.5. The number of carbonyl (C=O) groups is 1. The number of carboxylic acid groups (broad SMARTS) is 1. The topological polar surface area (TPSA) is 106 Å². The van der Waals surface area contributed by atoms with Gasteiger partial charge in [0.05, 0.1) is 26.1 Å². The number of carboxylic acids is 1. The van der Waals surface area contributed by atoms with Crippen molar-refractivity contribution in [3.63, 3.8) is 0 Å². The molecular weight excluding hydrogens is 290 g/mol. The maximum absolute atomic E-state index is 11.2. The Balaban J connectivity index is 2.24. The molecule has 2 rings (SSSR count). The van der Waals surface area contributed by atoms with Crippen LogP contribution in [0.3, 0.4) is 0 Å². The number of phenols is 1. The molecule has 0 unspecified atom stereocenters. The Morgan fingerprint density at radius 3 is 2.41 bits per heavy atom. The summed E-state index contributed by atoms with van der Waals surface area (Å²) in [5, 5.41) is 25.9. The van der Waals surface area contributed by atoms with E-state index in [0.717, 1.165) is 5.56 Å². The summed E-state index contributed by atoms with van der Waals surface area (Å²) in [7, 11) is 4.44. The lowest BCUT2D eigenvalue weighted by Crippen LogP contribution is -2.09. The fraction of sp³-hybridized carbons (Fsp3) is 0.286. The predicted octanol–water partition coefficient (Wildman–Crippen LogP) is 1.45. The quantitative estimate of drug-likeness (QED) is 0.741. The number of hydrogen-bond acceptors (Lipinski definition) is 6. The SMILES string of the molecule is COc1cc(CNc2cnn(C)c2C(=O)O)cc(OC)c1O. The molecule has 0 fully saturated rings. The van der Waals surface area contributed by atoms with E-state index in [9.17, 15) is 9.90 Å². The van der Waals surface area contributed by atoms with E-state index in [4.69, 9.17) is 14.6 Å². The van der Waals surface area contributed by atoms with Crippen molar-refractivity contribution in [2.45, 2.75) is 6.54 Å². The monoisotopic (exact) mass is 307 g/mol. The van der Waals surface area contributed by atoms with Crippen LogP contribution in [0.2, 0.25) is 0 Å². The molecule has 0 aliphatic heterocycles. The van der Waals surface area contributed by atoms with E-state index >= 15 is 0 Å². The van der Waals surface area contributed by atoms with Crippen LogP contribution in [0.15, 0.2) is 18.3 Å². The molecule has 8 nitrogen and oxygen atoms in total. The van der Waals surface area contributed by atoms with Crippen molar-refractivity contribution in [2.24, 2.45) is 7.05 Å². The molecule has 22 heavy (non-hydrogen) atoms. The molecule has 0 aliphatic rings. The van der Waals surface area contributed by atoms with Gasteiger partial charge in [-0.1, -0.05) is 0 Å². The molecule has 0 saturated carbocycles. The number of benzene rings is 1. The van der Waals surface area contributed by atoms with Crippen LogP contribution in [0.5, 0.6) is 17.2 Å². The average molecular weight is 307 g/mol. The van der Waals surface area contributed by atoms with Gasteiger partial charge in [0.15, 0.2) is 17.2 Å². The van der Waals surface area contributed by atoms with Gasteiger partial charge in [0, 0.05) is 13.6 Å². The van der Waals surface area contributed by atoms with Crippen LogP contribution in [0.25, 0.3) is 0 Å². The number of nitrogens with zero attached hydrogens (tertiary/aromatic N) is 2. The van der Waals surface area contributed by atoms with Crippen molar-refractivity contribution in [3.8, 4) is 17.2 Å². The Labute approximate surface area is 126 Å². The molecule has 8 heteroatoms. The van der Waals surface area contributed by atoms with Crippen LogP contribution in [0.1, 0.15) is 16.1 Å². The van der Waals surface area contributed by atoms with Gasteiger partial charge in [-0.2, -0.15) is 5.10 Å². The lowest BCUT2D eigenvalue weighted by molar-refractivity contribution is 0.0686. The number of aromatic hydroxyl groups is 1. The summed E-state index contributed by atoms with van der Waals surface area (Å²) in [6.45, 7) is 0.318. The van der Waals surface area contributed by atoms with Crippen molar-refractivity contribution in [1.29, 1.82) is 0 Å². The second-order valence-electron chi connectivity index (χ2n) is 4.54. The highest BCUT2D eigenvalue weighted by molar-refractivity contribution is 5.92. The zero-order valence-corrected chi connectivity index (χ0v) is 12.5. The molecule has 1 aromatic carbocycles. The van der Waals surface area contributed by atoms with E-state index in [1.165, 1.54) is 25.1 Å². The number of methoxy groups -OCH3 is 2. The van der Waals surface area contributed by atoms with Gasteiger partial charge >= 0.3 is 5.97 Å². The Bertz CT molecular complexity index is 671. The normalized spacial score (nSPS) is 10.3. The molecule has 0 amide bonds. The first kappa shape index (κ1) is 15.5. The third-order valence-corrected chi connectivity index (χ3v) is 3.16. The number of phenolic OH excluding ortho intramolecular Hbond substituents is 1. The summed E-state index contributed by atoms with van der Waals surface area (Å²) < 4.78 is 11.4. The minimum atomic E-state index is -1.07. The Morgan fingerprint density at radius 1 is 1.32 bits per heavy atom. The minimum absolute atomic E-state index is 0.0673. The third kappa shape index (κ3) is 2.90. The van der Waals surface area contributed by atoms with Crippen LogP contribution in [0.4, 0.5) is 5.69 Å². The largest absolute Gasteiger partial charge is 0.502 e. The second-order valence-corrected chi connectivity index (χ2v) is 4.54. The fourth-order valence-electron chi connectivity index (χ4n) is 2.07. The van der Waals surface area contributed by atoms with Crippen LogP contribution < -0.4 is 14.8 Å². The number of aromatic nitrogens is 2. The van der Waals surface area contributed by atoms with Gasteiger partial charge in [0.25, 0.3) is 0 Å². The van der Waals surface area contributed by atoms with Gasteiger partial charge < -0.3 is 25.0 Å². The molecule has 1 aromatic heterocycles. The smallest absolute Gasteiger partial charge is 0.356 e. The van der Waals surface area contributed by atoms with E-state index in [0.29, 0.717) is 12.2 Å². The molecule has 0 radical (unpaired) electrons. The molecule has 118 valence electrons. The van der Waals surface area contributed by atoms with Gasteiger partial charge in [0.2, 0.25) is 5.75 Å². The summed E-state index contributed by atoms with van der Waals surface area (Å²) in [5.41, 5.74) is 1.23. The van der Waals surface area contributed by atoms with E-state index in [-0.39, 0.29) is 22.9 Å². The summed E-state index contributed by atoms with van der Waals surface area (Å²) in [5.74, 6) is -0.591. The number of anilines is 1. The number of nitrogens with one attached hydrogen (secondary N) is 1. The fourth-order valence-corrected chi connectivity index (χ4v) is 2.07. The highest BCUT2D eigenvalue weighted by Gasteiger charge is 2.16. The van der Waals surface area contributed by atoms with Crippen LogP contribution in [-0.4, -0.2) is 40.2 Å². The summed E-state index contributed by atoms with van der Waals surface area (Å²) in [4.78, 5) is 11.2. The number of aryl methyl sites for hydroxylation is 1. The van der Waals surface area contributed by atoms with Crippen molar-refractivity contribution in [2.75, 3.05) is 19.5 Å². The number of ether oxygens (including phenoxy) is 2. The van der Waals surface area contributed by atoms with E-state index in [1.54, 1.807) is 19.2 Å². The molecule has 2 aromatic rings. The number of rotatable bonds is 6. The Hall–Kier alpha value is -2.90. The molecule has 0 atom stereocenters. The van der Waals surface area contributed by atoms with E-state index < -0.39 is 5.97 Å². The Kier molecular flexibility index (Phi) is 4.40. The third-order valence-electron chi connectivity index (χ3n) is 3.16.